The van der Waals surface area contributed by atoms with Gasteiger partial charge in [-0.25, -0.2) is 19.2 Å². The second-order valence-corrected chi connectivity index (χ2v) is 9.23. The van der Waals surface area contributed by atoms with E-state index in [0.717, 1.165) is 17.7 Å². The number of nitrogens with zero attached hydrogens (tertiary/aromatic N) is 2. The summed E-state index contributed by atoms with van der Waals surface area (Å²) >= 11 is 0. The first kappa shape index (κ1) is 28.7. The van der Waals surface area contributed by atoms with Crippen molar-refractivity contribution in [3.05, 3.63) is 24.0 Å². The van der Waals surface area contributed by atoms with Crippen molar-refractivity contribution in [2.24, 2.45) is 0 Å². The van der Waals surface area contributed by atoms with Gasteiger partial charge in [0, 0.05) is 12.6 Å². The summed E-state index contributed by atoms with van der Waals surface area (Å²) in [7, 11) is 2.35. The number of carbonyl (C=O) groups is 4. The van der Waals surface area contributed by atoms with Crippen LogP contribution < -0.4 is 10.1 Å². The summed E-state index contributed by atoms with van der Waals surface area (Å²) in [6, 6.07) is 1.98. The van der Waals surface area contributed by atoms with E-state index in [9.17, 15) is 19.2 Å². The normalized spacial score (nSPS) is 19.3. The number of hydrogen-bond acceptors (Lipinski definition) is 10. The molecule has 2 amide bonds. The summed E-state index contributed by atoms with van der Waals surface area (Å²) in [5.41, 5.74) is -2.30. The van der Waals surface area contributed by atoms with Crippen LogP contribution in [0, 0.1) is 0 Å². The molecule has 0 aromatic carbocycles. The van der Waals surface area contributed by atoms with Crippen LogP contribution in [0.5, 0.6) is 5.75 Å². The number of esters is 2. The van der Waals surface area contributed by atoms with Crippen LogP contribution in [0.15, 0.2) is 18.3 Å². The van der Waals surface area contributed by atoms with Gasteiger partial charge in [0.2, 0.25) is 5.60 Å². The number of amides is 2. The van der Waals surface area contributed by atoms with Crippen molar-refractivity contribution in [3.63, 3.8) is 0 Å². The highest BCUT2D eigenvalue weighted by atomic mass is 16.6. The second kappa shape index (κ2) is 12.4. The molecule has 2 atom stereocenters. The van der Waals surface area contributed by atoms with Crippen LogP contribution in [0.4, 0.5) is 9.59 Å². The maximum absolute atomic E-state index is 13.0. The summed E-state index contributed by atoms with van der Waals surface area (Å²) in [5.74, 6) is -1.38. The average Bonchev–Trinajstić information content (AvgIpc) is 3.22. The van der Waals surface area contributed by atoms with E-state index in [-0.39, 0.29) is 31.9 Å². The average molecular weight is 510 g/mol. The number of carbonyl (C=O) groups excluding carboxylic acids is 4. The van der Waals surface area contributed by atoms with Gasteiger partial charge in [-0.3, -0.25) is 9.88 Å². The fourth-order valence-corrected chi connectivity index (χ4v) is 3.56. The number of methoxy groups -OCH3 is 2. The van der Waals surface area contributed by atoms with Crippen molar-refractivity contribution < 1.29 is 42.9 Å². The lowest BCUT2D eigenvalue weighted by atomic mass is 9.99. The number of alkyl carbamates (subject to hydrolysis) is 1. The minimum Gasteiger partial charge on any atom is -0.472 e. The van der Waals surface area contributed by atoms with Crippen LogP contribution in [0.1, 0.15) is 52.7 Å². The second-order valence-electron chi connectivity index (χ2n) is 9.23. The maximum Gasteiger partial charge on any atom is 0.411 e. The van der Waals surface area contributed by atoms with Crippen LogP contribution in [0.2, 0.25) is 0 Å². The molecule has 1 aromatic heterocycles. The van der Waals surface area contributed by atoms with Gasteiger partial charge in [-0.2, -0.15) is 0 Å². The Morgan fingerprint density at radius 3 is 2.53 bits per heavy atom. The Bertz CT molecular complexity index is 947. The molecule has 1 fully saturated rings. The fourth-order valence-electron chi connectivity index (χ4n) is 3.56. The molecule has 1 N–H and O–H groups in total. The highest BCUT2D eigenvalue weighted by Crippen LogP contribution is 2.35. The Hall–Kier alpha value is -3.57. The molecule has 0 aliphatic carbocycles. The number of aromatic nitrogens is 1. The summed E-state index contributed by atoms with van der Waals surface area (Å²) in [5, 5.41) is 2.59. The first-order valence-corrected chi connectivity index (χ1v) is 11.7. The monoisotopic (exact) mass is 509 g/mol. The Labute approximate surface area is 210 Å². The SMILES string of the molecule is CCCCOC(=O)NCc1ncccc1O[C@]1(C(=O)OC)C[C@@H](C(=O)OC)N(C(=O)OC(C)(C)C)C1. The lowest BCUT2D eigenvalue weighted by Crippen LogP contribution is -2.49. The zero-order chi connectivity index (χ0) is 26.9. The van der Waals surface area contributed by atoms with Crippen molar-refractivity contribution in [2.75, 3.05) is 27.4 Å². The van der Waals surface area contributed by atoms with Gasteiger partial charge in [0.25, 0.3) is 0 Å². The number of pyridine rings is 1. The molecule has 0 bridgehead atoms. The third kappa shape index (κ3) is 7.46. The molecular formula is C24H35N3O9. The molecule has 0 radical (unpaired) electrons. The molecule has 36 heavy (non-hydrogen) atoms. The van der Waals surface area contributed by atoms with E-state index in [1.165, 1.54) is 20.4 Å². The molecule has 1 aromatic rings. The third-order valence-corrected chi connectivity index (χ3v) is 5.27. The van der Waals surface area contributed by atoms with E-state index in [1.807, 2.05) is 6.92 Å². The molecule has 1 aliphatic rings. The standard InChI is InChI=1S/C24H35N3O9/c1-7-8-12-34-21(30)26-14-16-18(10-9-11-25-16)35-24(20(29)33-6)13-17(19(28)32-5)27(15-24)22(31)36-23(2,3)4/h9-11,17H,7-8,12-15H2,1-6H3,(H,26,30)/t17-,24+/m0/s1. The zero-order valence-electron chi connectivity index (χ0n) is 21.6. The summed E-state index contributed by atoms with van der Waals surface area (Å²) in [6.07, 6.45) is 1.44. The lowest BCUT2D eigenvalue weighted by Gasteiger charge is -2.29. The van der Waals surface area contributed by atoms with Gasteiger partial charge in [-0.05, 0) is 39.3 Å². The van der Waals surface area contributed by atoms with Crippen LogP contribution in [-0.4, -0.2) is 78.6 Å². The van der Waals surface area contributed by atoms with Gasteiger partial charge in [0.05, 0.1) is 33.9 Å². The molecule has 2 rings (SSSR count). The summed E-state index contributed by atoms with van der Waals surface area (Å²) in [6.45, 7) is 6.92. The fraction of sp³-hybridized carbons (Fsp3) is 0.625. The topological polar surface area (TPSA) is 143 Å². The van der Waals surface area contributed by atoms with Gasteiger partial charge < -0.3 is 29.0 Å². The molecule has 12 nitrogen and oxygen atoms in total. The number of ether oxygens (including phenoxy) is 5. The lowest BCUT2D eigenvalue weighted by molar-refractivity contribution is -0.158. The Morgan fingerprint density at radius 1 is 1.19 bits per heavy atom. The largest absolute Gasteiger partial charge is 0.472 e. The van der Waals surface area contributed by atoms with E-state index >= 15 is 0 Å². The number of likely N-dealkylation sites (tertiary alicyclic amines) is 1. The Morgan fingerprint density at radius 2 is 1.92 bits per heavy atom. The van der Waals surface area contributed by atoms with Gasteiger partial charge in [-0.15, -0.1) is 0 Å². The number of unbranched alkanes of at least 4 members (excludes halogenated alkanes) is 1. The van der Waals surface area contributed by atoms with E-state index in [1.54, 1.807) is 32.9 Å². The van der Waals surface area contributed by atoms with E-state index in [4.69, 9.17) is 23.7 Å². The summed E-state index contributed by atoms with van der Waals surface area (Å²) in [4.78, 5) is 55.7. The summed E-state index contributed by atoms with van der Waals surface area (Å²) < 4.78 is 26.5. The van der Waals surface area contributed by atoms with E-state index in [0.29, 0.717) is 5.69 Å². The minimum atomic E-state index is -1.76. The van der Waals surface area contributed by atoms with Crippen LogP contribution in [-0.2, 0) is 35.1 Å². The predicted molar refractivity (Wildman–Crippen MR) is 126 cm³/mol. The molecule has 0 spiro atoms. The van der Waals surface area contributed by atoms with Crippen molar-refractivity contribution in [1.82, 2.24) is 15.2 Å². The highest BCUT2D eigenvalue weighted by molar-refractivity contribution is 5.88. The molecule has 1 saturated heterocycles. The van der Waals surface area contributed by atoms with Gasteiger partial charge >= 0.3 is 24.1 Å². The smallest absolute Gasteiger partial charge is 0.411 e. The quantitative estimate of drug-likeness (QED) is 0.300. The third-order valence-electron chi connectivity index (χ3n) is 5.27. The highest BCUT2D eigenvalue weighted by Gasteiger charge is 2.57. The Kier molecular flexibility index (Phi) is 9.88. The predicted octanol–water partition coefficient (Wildman–Crippen LogP) is 2.58. The van der Waals surface area contributed by atoms with Crippen molar-refractivity contribution >= 4 is 24.1 Å². The van der Waals surface area contributed by atoms with Crippen molar-refractivity contribution in [3.8, 4) is 5.75 Å². The molecular weight excluding hydrogens is 474 g/mol. The minimum absolute atomic E-state index is 0.0470. The van der Waals surface area contributed by atoms with Gasteiger partial charge in [0.15, 0.2) is 0 Å². The Balaban J connectivity index is 2.32. The van der Waals surface area contributed by atoms with E-state index < -0.39 is 41.4 Å². The zero-order valence-corrected chi connectivity index (χ0v) is 21.6. The number of hydrogen-bond donors (Lipinski definition) is 1. The van der Waals surface area contributed by atoms with Crippen molar-refractivity contribution in [2.45, 2.75) is 70.7 Å². The molecule has 12 heteroatoms. The van der Waals surface area contributed by atoms with E-state index in [2.05, 4.69) is 10.3 Å². The molecule has 1 aliphatic heterocycles. The molecule has 0 saturated carbocycles. The first-order valence-electron chi connectivity index (χ1n) is 11.7. The van der Waals surface area contributed by atoms with Crippen LogP contribution in [0.3, 0.4) is 0 Å². The first-order chi connectivity index (χ1) is 17.0. The van der Waals surface area contributed by atoms with Crippen LogP contribution in [0.25, 0.3) is 0 Å². The molecule has 200 valence electrons. The van der Waals surface area contributed by atoms with Gasteiger partial charge in [-0.1, -0.05) is 13.3 Å². The number of rotatable bonds is 9. The van der Waals surface area contributed by atoms with Crippen molar-refractivity contribution in [1.29, 1.82) is 0 Å². The van der Waals surface area contributed by atoms with Crippen LogP contribution >= 0.6 is 0 Å². The molecule has 2 heterocycles. The molecule has 0 unspecified atom stereocenters. The maximum atomic E-state index is 13.0. The van der Waals surface area contributed by atoms with Gasteiger partial charge in [0.1, 0.15) is 23.1 Å². The number of nitrogens with one attached hydrogen (secondary N) is 1.